The van der Waals surface area contributed by atoms with Gasteiger partial charge in [0.25, 0.3) is 0 Å². The second-order valence-electron chi connectivity index (χ2n) is 6.72. The Morgan fingerprint density at radius 3 is 2.14 bits per heavy atom. The number of aromatic nitrogens is 1. The summed E-state index contributed by atoms with van der Waals surface area (Å²) in [5.74, 6) is 0.650. The van der Waals surface area contributed by atoms with Crippen molar-refractivity contribution in [2.24, 2.45) is 0 Å². The van der Waals surface area contributed by atoms with E-state index < -0.39 is 0 Å². The van der Waals surface area contributed by atoms with Crippen LogP contribution in [0.25, 0.3) is 38.6 Å². The van der Waals surface area contributed by atoms with Crippen LogP contribution in [0.4, 0.5) is 0 Å². The maximum absolute atomic E-state index is 8.97. The zero-order chi connectivity index (χ0) is 18.9. The molecule has 28 heavy (non-hydrogen) atoms. The van der Waals surface area contributed by atoms with Crippen molar-refractivity contribution in [2.45, 2.75) is 0 Å². The molecule has 0 aliphatic heterocycles. The molecule has 4 aromatic carbocycles. The Hall–Kier alpha value is -3.50. The van der Waals surface area contributed by atoms with Crippen LogP contribution in [0.1, 0.15) is 0 Å². The Morgan fingerprint density at radius 1 is 0.643 bits per heavy atom. The Balaban J connectivity index is 1.77. The van der Waals surface area contributed by atoms with Crippen molar-refractivity contribution in [1.29, 1.82) is 0 Å². The molecule has 1 N–H and O–H groups in total. The van der Waals surface area contributed by atoms with Crippen LogP contribution >= 0.6 is 0 Å². The third-order valence-corrected chi connectivity index (χ3v) is 5.11. The van der Waals surface area contributed by atoms with Gasteiger partial charge in [-0.1, -0.05) is 60.7 Å². The van der Waals surface area contributed by atoms with E-state index in [1.807, 2.05) is 30.3 Å². The van der Waals surface area contributed by atoms with Gasteiger partial charge in [-0.2, -0.15) is 0 Å². The number of nitrogens with zero attached hydrogens (tertiary/aromatic N) is 1. The maximum atomic E-state index is 8.97. The quantitative estimate of drug-likeness (QED) is 0.452. The van der Waals surface area contributed by atoms with Crippen LogP contribution in [0.2, 0.25) is 0 Å². The molecule has 3 nitrogen and oxygen atoms in total. The topological polar surface area (TPSA) is 34.4 Å². The van der Waals surface area contributed by atoms with E-state index >= 15 is 0 Å². The molecule has 0 spiro atoms. The van der Waals surface area contributed by atoms with Gasteiger partial charge in [0.05, 0.1) is 11.0 Å². The molecule has 5 aromatic rings. The first kappa shape index (κ1) is 16.7. The summed E-state index contributed by atoms with van der Waals surface area (Å²) in [6.45, 7) is 0. The average molecular weight is 363 g/mol. The highest BCUT2D eigenvalue weighted by Gasteiger charge is 2.13. The minimum atomic E-state index is -0.324. The van der Waals surface area contributed by atoms with Crippen molar-refractivity contribution in [2.75, 3.05) is 0 Å². The fourth-order valence-corrected chi connectivity index (χ4v) is 3.82. The van der Waals surface area contributed by atoms with E-state index in [-0.39, 0.29) is 7.69 Å². The fraction of sp³-hybridized carbons (Fsp3) is 0. The molecule has 0 saturated heterocycles. The van der Waals surface area contributed by atoms with E-state index in [9.17, 15) is 0 Å². The van der Waals surface area contributed by atoms with Gasteiger partial charge in [-0.15, -0.1) is 0 Å². The Labute approximate surface area is 163 Å². The molecule has 1 aromatic heterocycles. The van der Waals surface area contributed by atoms with Gasteiger partial charge in [0, 0.05) is 16.5 Å². The normalized spacial score (nSPS) is 11.0. The molecule has 0 aliphatic carbocycles. The second kappa shape index (κ2) is 6.91. The summed E-state index contributed by atoms with van der Waals surface area (Å²) in [4.78, 5) is 0. The van der Waals surface area contributed by atoms with Crippen LogP contribution in [0.3, 0.4) is 0 Å². The van der Waals surface area contributed by atoms with Crippen molar-refractivity contribution in [3.8, 4) is 22.6 Å². The third-order valence-electron chi connectivity index (χ3n) is 5.11. The molecular formula is C24H18BNO2. The fourth-order valence-electron chi connectivity index (χ4n) is 3.82. The number of benzene rings is 4. The summed E-state index contributed by atoms with van der Waals surface area (Å²) in [5.41, 5.74) is 5.78. The van der Waals surface area contributed by atoms with E-state index in [0.717, 1.165) is 5.69 Å². The highest BCUT2D eigenvalue weighted by Crippen LogP contribution is 2.35. The monoisotopic (exact) mass is 363 g/mol. The van der Waals surface area contributed by atoms with Gasteiger partial charge in [-0.25, -0.2) is 0 Å². The summed E-state index contributed by atoms with van der Waals surface area (Å²) in [5, 5.41) is 11.4. The molecular weight excluding hydrogens is 345 g/mol. The van der Waals surface area contributed by atoms with Crippen molar-refractivity contribution < 1.29 is 9.68 Å². The summed E-state index contributed by atoms with van der Waals surface area (Å²) in [7, 11) is -0.324. The molecule has 0 amide bonds. The Kier molecular flexibility index (Phi) is 4.11. The third kappa shape index (κ3) is 2.75. The van der Waals surface area contributed by atoms with Gasteiger partial charge in [0.15, 0.2) is 0 Å². The van der Waals surface area contributed by atoms with Crippen LogP contribution in [0.5, 0.6) is 5.75 Å². The highest BCUT2D eigenvalue weighted by molar-refractivity contribution is 6.17. The first-order valence-corrected chi connectivity index (χ1v) is 9.28. The number of para-hydroxylation sites is 1. The van der Waals surface area contributed by atoms with Crippen molar-refractivity contribution in [3.63, 3.8) is 0 Å². The molecule has 0 fully saturated rings. The van der Waals surface area contributed by atoms with E-state index in [0.29, 0.717) is 5.75 Å². The molecule has 0 aliphatic rings. The van der Waals surface area contributed by atoms with Crippen molar-refractivity contribution in [1.82, 2.24) is 4.57 Å². The maximum Gasteiger partial charge on any atom is 0.504 e. The summed E-state index contributed by atoms with van der Waals surface area (Å²) < 4.78 is 7.45. The zero-order valence-electron chi connectivity index (χ0n) is 15.2. The Morgan fingerprint density at radius 2 is 1.36 bits per heavy atom. The molecule has 134 valence electrons. The van der Waals surface area contributed by atoms with Crippen LogP contribution in [-0.4, -0.2) is 17.3 Å². The van der Waals surface area contributed by atoms with E-state index in [1.165, 1.54) is 32.9 Å². The molecule has 0 unspecified atom stereocenters. The minimum Gasteiger partial charge on any atom is -0.539 e. The predicted molar refractivity (Wildman–Crippen MR) is 116 cm³/mol. The van der Waals surface area contributed by atoms with E-state index in [2.05, 4.69) is 71.3 Å². The molecule has 4 heteroatoms. The molecule has 0 atom stereocenters. The van der Waals surface area contributed by atoms with Gasteiger partial charge in [0.2, 0.25) is 0 Å². The molecule has 0 saturated carbocycles. The highest BCUT2D eigenvalue weighted by atomic mass is 16.5. The first-order valence-electron chi connectivity index (χ1n) is 9.28. The molecule has 1 heterocycles. The van der Waals surface area contributed by atoms with Gasteiger partial charge >= 0.3 is 7.69 Å². The lowest BCUT2D eigenvalue weighted by Crippen LogP contribution is -2.00. The summed E-state index contributed by atoms with van der Waals surface area (Å²) in [6, 6.07) is 33.3. The number of hydrogen-bond acceptors (Lipinski definition) is 2. The smallest absolute Gasteiger partial charge is 0.504 e. The van der Waals surface area contributed by atoms with Crippen molar-refractivity contribution >= 4 is 29.5 Å². The Bertz CT molecular complexity index is 1260. The van der Waals surface area contributed by atoms with Gasteiger partial charge in [-0.05, 0) is 47.5 Å². The van der Waals surface area contributed by atoms with Crippen LogP contribution in [0.15, 0.2) is 97.1 Å². The van der Waals surface area contributed by atoms with Crippen LogP contribution < -0.4 is 4.65 Å². The lowest BCUT2D eigenvalue weighted by atomic mass is 10.0. The van der Waals surface area contributed by atoms with E-state index in [1.54, 1.807) is 0 Å². The van der Waals surface area contributed by atoms with E-state index in [4.69, 9.17) is 9.68 Å². The molecule has 0 radical (unpaired) electrons. The number of rotatable bonds is 4. The predicted octanol–water partition coefficient (Wildman–Crippen LogP) is 5.09. The standard InChI is InChI=1S/C24H18BNO2/c27-25-28-20-13-11-19(12-14-20)26-23-9-5-4-8-21(23)22-15-10-18(16-24(22)26)17-6-2-1-3-7-17/h1-16,25,27H. The largest absolute Gasteiger partial charge is 0.539 e. The number of fused-ring (bicyclic) bond motifs is 3. The van der Waals surface area contributed by atoms with Crippen molar-refractivity contribution in [3.05, 3.63) is 97.1 Å². The van der Waals surface area contributed by atoms with Gasteiger partial charge < -0.3 is 14.2 Å². The number of hydrogen-bond donors (Lipinski definition) is 1. The first-order chi connectivity index (χ1) is 13.8. The SMILES string of the molecule is OBOc1ccc(-n2c3ccccc3c3ccc(-c4ccccc4)cc32)cc1. The lowest BCUT2D eigenvalue weighted by molar-refractivity contribution is 0.454. The minimum absolute atomic E-state index is 0.324. The lowest BCUT2D eigenvalue weighted by Gasteiger charge is -2.10. The summed E-state index contributed by atoms with van der Waals surface area (Å²) >= 11 is 0. The van der Waals surface area contributed by atoms with Gasteiger partial charge in [-0.3, -0.25) is 0 Å². The second-order valence-corrected chi connectivity index (χ2v) is 6.72. The van der Waals surface area contributed by atoms with Crippen LogP contribution in [0, 0.1) is 0 Å². The molecule has 0 bridgehead atoms. The zero-order valence-corrected chi connectivity index (χ0v) is 15.2. The molecule has 5 rings (SSSR count). The van der Waals surface area contributed by atoms with Gasteiger partial charge in [0.1, 0.15) is 5.75 Å². The average Bonchev–Trinajstić information content (AvgIpc) is 3.09. The summed E-state index contributed by atoms with van der Waals surface area (Å²) in [6.07, 6.45) is 0. The van der Waals surface area contributed by atoms with Crippen LogP contribution in [-0.2, 0) is 0 Å².